The summed E-state index contributed by atoms with van der Waals surface area (Å²) < 4.78 is 0. The van der Waals surface area contributed by atoms with Crippen molar-refractivity contribution in [2.24, 2.45) is 11.5 Å². The number of amides is 2. The van der Waals surface area contributed by atoms with E-state index in [0.29, 0.717) is 0 Å². The Morgan fingerprint density at radius 1 is 1.50 bits per heavy atom. The van der Waals surface area contributed by atoms with Crippen molar-refractivity contribution in [1.82, 2.24) is 10.3 Å². The highest BCUT2D eigenvalue weighted by molar-refractivity contribution is 7.80. The van der Waals surface area contributed by atoms with Crippen molar-refractivity contribution in [2.45, 2.75) is 6.04 Å². The van der Waals surface area contributed by atoms with Crippen LogP contribution in [0.25, 0.3) is 0 Å². The van der Waals surface area contributed by atoms with E-state index in [4.69, 9.17) is 11.5 Å². The number of carbonyl (C=O) groups is 2. The predicted octanol–water partition coefficient (Wildman–Crippen LogP) is -1.05. The smallest absolute Gasteiger partial charge is 0.259 e. The van der Waals surface area contributed by atoms with Gasteiger partial charge in [0.15, 0.2) is 0 Å². The first kappa shape index (κ1) is 12.2. The topological polar surface area (TPSA) is 111 Å². The number of nitrogens with two attached hydrogens (primary N) is 2. The van der Waals surface area contributed by atoms with E-state index in [1.165, 1.54) is 18.5 Å². The largest absolute Gasteiger partial charge is 0.392 e. The molecule has 0 saturated carbocycles. The summed E-state index contributed by atoms with van der Waals surface area (Å²) in [6, 6.07) is 1.92. The molecule has 84 valence electrons. The van der Waals surface area contributed by atoms with Crippen molar-refractivity contribution in [1.29, 1.82) is 0 Å². The second kappa shape index (κ2) is 5.29. The Morgan fingerprint density at radius 2 is 2.19 bits per heavy atom. The summed E-state index contributed by atoms with van der Waals surface area (Å²) in [7, 11) is 0. The minimum Gasteiger partial charge on any atom is -0.392 e. The van der Waals surface area contributed by atoms with E-state index in [2.05, 4.69) is 22.5 Å². The van der Waals surface area contributed by atoms with E-state index in [9.17, 15) is 9.59 Å². The van der Waals surface area contributed by atoms with Crippen LogP contribution in [-0.2, 0) is 4.79 Å². The van der Waals surface area contributed by atoms with Crippen molar-refractivity contribution in [3.8, 4) is 0 Å². The number of nitrogens with zero attached hydrogens (tertiary/aromatic N) is 1. The van der Waals surface area contributed by atoms with Gasteiger partial charge in [-0.25, -0.2) is 0 Å². The Balaban J connectivity index is 2.66. The van der Waals surface area contributed by atoms with Gasteiger partial charge in [-0.05, 0) is 12.1 Å². The zero-order chi connectivity index (χ0) is 12.1. The van der Waals surface area contributed by atoms with E-state index < -0.39 is 17.9 Å². The molecule has 0 unspecified atom stereocenters. The molecule has 1 aromatic rings. The van der Waals surface area contributed by atoms with Gasteiger partial charge in [-0.2, -0.15) is 0 Å². The zero-order valence-corrected chi connectivity index (χ0v) is 9.03. The average molecular weight is 238 g/mol. The summed E-state index contributed by atoms with van der Waals surface area (Å²) in [6.45, 7) is 0. The molecule has 0 aliphatic carbocycles. The van der Waals surface area contributed by atoms with Crippen molar-refractivity contribution in [3.63, 3.8) is 0 Å². The summed E-state index contributed by atoms with van der Waals surface area (Å²) in [5, 5.41) is 2.07. The van der Waals surface area contributed by atoms with Crippen LogP contribution >= 0.6 is 12.2 Å². The molecule has 16 heavy (non-hydrogen) atoms. The molecular weight excluding hydrogens is 228 g/mol. The van der Waals surface area contributed by atoms with Crippen LogP contribution in [0.2, 0.25) is 0 Å². The van der Waals surface area contributed by atoms with Crippen molar-refractivity contribution < 1.29 is 9.59 Å². The summed E-state index contributed by atoms with van der Waals surface area (Å²) in [4.78, 5) is 26.4. The number of thiocarbonyl (C=S) groups is 1. The number of imide groups is 1. The molecule has 2 amide bonds. The minimum absolute atomic E-state index is 0.170. The quantitative estimate of drug-likeness (QED) is 0.579. The summed E-state index contributed by atoms with van der Waals surface area (Å²) in [5.74, 6) is -1.33. The van der Waals surface area contributed by atoms with Gasteiger partial charge in [-0.3, -0.25) is 19.9 Å². The lowest BCUT2D eigenvalue weighted by Gasteiger charge is -2.09. The number of pyridine rings is 1. The van der Waals surface area contributed by atoms with Crippen LogP contribution in [0.15, 0.2) is 24.5 Å². The van der Waals surface area contributed by atoms with Gasteiger partial charge >= 0.3 is 0 Å². The molecule has 0 aromatic carbocycles. The molecular formula is C9H10N4O2S. The number of carbonyl (C=O) groups excluding carboxylic acids is 2. The average Bonchev–Trinajstić information content (AvgIpc) is 2.28. The molecule has 1 heterocycles. The molecule has 0 saturated heterocycles. The second-order valence-corrected chi connectivity index (χ2v) is 3.41. The van der Waals surface area contributed by atoms with Crippen molar-refractivity contribution in [3.05, 3.63) is 30.1 Å². The highest BCUT2D eigenvalue weighted by atomic mass is 32.1. The normalized spacial score (nSPS) is 11.6. The van der Waals surface area contributed by atoms with Gasteiger partial charge in [0.25, 0.3) is 11.8 Å². The Hall–Kier alpha value is -1.86. The maximum Gasteiger partial charge on any atom is 0.259 e. The van der Waals surface area contributed by atoms with Crippen LogP contribution in [0.4, 0.5) is 0 Å². The first-order valence-electron chi connectivity index (χ1n) is 4.32. The van der Waals surface area contributed by atoms with Gasteiger partial charge in [-0.15, -0.1) is 0 Å². The maximum atomic E-state index is 11.5. The molecule has 0 radical (unpaired) electrons. The molecule has 6 nitrogen and oxygen atoms in total. The molecule has 1 atom stereocenters. The minimum atomic E-state index is -1.17. The van der Waals surface area contributed by atoms with Crippen LogP contribution in [-0.4, -0.2) is 27.8 Å². The first-order chi connectivity index (χ1) is 7.52. The third-order valence-corrected chi connectivity index (χ3v) is 2.00. The van der Waals surface area contributed by atoms with E-state index in [1.807, 2.05) is 0 Å². The highest BCUT2D eigenvalue weighted by Gasteiger charge is 2.19. The predicted molar refractivity (Wildman–Crippen MR) is 61.5 cm³/mol. The van der Waals surface area contributed by atoms with Gasteiger partial charge in [0.1, 0.15) is 6.04 Å². The molecule has 0 fully saturated rings. The van der Waals surface area contributed by atoms with E-state index in [1.54, 1.807) is 6.07 Å². The third-order valence-electron chi connectivity index (χ3n) is 1.75. The fourth-order valence-electron chi connectivity index (χ4n) is 0.888. The van der Waals surface area contributed by atoms with Crippen LogP contribution < -0.4 is 16.8 Å². The monoisotopic (exact) mass is 238 g/mol. The van der Waals surface area contributed by atoms with E-state index in [-0.39, 0.29) is 10.6 Å². The third kappa shape index (κ3) is 3.07. The molecule has 0 bridgehead atoms. The highest BCUT2D eigenvalue weighted by Crippen LogP contribution is 1.95. The molecule has 1 aromatic heterocycles. The fraction of sp³-hybridized carbons (Fsp3) is 0.111. The lowest BCUT2D eigenvalue weighted by molar-refractivity contribution is -0.119. The standard InChI is InChI=1S/C9H10N4O2S/c10-6(7(11)16)9(15)13-8(14)5-2-1-3-12-4-5/h1-4,6H,10H2,(H2,11,16)(H,13,14,15)/t6-/m0/s1. The van der Waals surface area contributed by atoms with Crippen LogP contribution in [0.5, 0.6) is 0 Å². The van der Waals surface area contributed by atoms with Gasteiger partial charge in [-0.1, -0.05) is 12.2 Å². The molecule has 1 rings (SSSR count). The fourth-order valence-corrected chi connectivity index (χ4v) is 0.995. The second-order valence-electron chi connectivity index (χ2n) is 2.94. The van der Waals surface area contributed by atoms with Gasteiger partial charge in [0, 0.05) is 12.4 Å². The van der Waals surface area contributed by atoms with Gasteiger partial charge in [0.05, 0.1) is 10.6 Å². The van der Waals surface area contributed by atoms with E-state index in [0.717, 1.165) is 0 Å². The summed E-state index contributed by atoms with van der Waals surface area (Å²) in [5.41, 5.74) is 10.8. The number of rotatable bonds is 3. The summed E-state index contributed by atoms with van der Waals surface area (Å²) >= 11 is 4.53. The Labute approximate surface area is 97.0 Å². The Kier molecular flexibility index (Phi) is 4.03. The van der Waals surface area contributed by atoms with Crippen LogP contribution in [0.3, 0.4) is 0 Å². The number of hydrogen-bond donors (Lipinski definition) is 3. The lowest BCUT2D eigenvalue weighted by atomic mass is 10.2. The Bertz CT molecular complexity index is 421. The molecule has 7 heteroatoms. The number of aromatic nitrogens is 1. The van der Waals surface area contributed by atoms with E-state index >= 15 is 0 Å². The zero-order valence-electron chi connectivity index (χ0n) is 8.21. The number of nitrogens with one attached hydrogen (secondary N) is 1. The van der Waals surface area contributed by atoms with Crippen molar-refractivity contribution in [2.75, 3.05) is 0 Å². The molecule has 5 N–H and O–H groups in total. The van der Waals surface area contributed by atoms with Gasteiger partial charge in [0.2, 0.25) is 0 Å². The SMILES string of the molecule is NC(=S)[C@H](N)C(=O)NC(=O)c1cccnc1. The Morgan fingerprint density at radius 3 is 2.69 bits per heavy atom. The van der Waals surface area contributed by atoms with Crippen molar-refractivity contribution >= 4 is 29.0 Å². The molecule has 0 aliphatic heterocycles. The summed E-state index contributed by atoms with van der Waals surface area (Å²) in [6.07, 6.45) is 2.84. The van der Waals surface area contributed by atoms with Crippen LogP contribution in [0, 0.1) is 0 Å². The van der Waals surface area contributed by atoms with Crippen LogP contribution in [0.1, 0.15) is 10.4 Å². The molecule has 0 spiro atoms. The lowest BCUT2D eigenvalue weighted by Crippen LogP contribution is -2.49. The first-order valence-corrected chi connectivity index (χ1v) is 4.73. The maximum absolute atomic E-state index is 11.5. The van der Waals surface area contributed by atoms with Gasteiger partial charge < -0.3 is 11.5 Å². The molecule has 0 aliphatic rings. The number of hydrogen-bond acceptors (Lipinski definition) is 5.